The van der Waals surface area contributed by atoms with Crippen LogP contribution in [0.4, 0.5) is 5.69 Å². The Bertz CT molecular complexity index is 1130. The van der Waals surface area contributed by atoms with Crippen LogP contribution in [0.1, 0.15) is 33.3 Å². The number of benzene rings is 2. The summed E-state index contributed by atoms with van der Waals surface area (Å²) in [6.45, 7) is 7.62. The molecule has 1 heterocycles. The van der Waals surface area contributed by atoms with E-state index in [0.717, 1.165) is 33.6 Å². The quantitative estimate of drug-likeness (QED) is 0.539. The lowest BCUT2D eigenvalue weighted by Crippen LogP contribution is -2.17. The zero-order valence-electron chi connectivity index (χ0n) is 16.8. The molecule has 0 bridgehead atoms. The molecule has 0 aliphatic heterocycles. The lowest BCUT2D eigenvalue weighted by Gasteiger charge is -2.13. The van der Waals surface area contributed by atoms with Gasteiger partial charge in [-0.3, -0.25) is 4.72 Å². The summed E-state index contributed by atoms with van der Waals surface area (Å²) in [7, 11) is -4.03. The maximum Gasteiger partial charge on any atom is 0.349 e. The van der Waals surface area contributed by atoms with Gasteiger partial charge in [-0.05, 0) is 56.5 Å². The molecule has 0 amide bonds. The maximum absolute atomic E-state index is 13.4. The fourth-order valence-electron chi connectivity index (χ4n) is 3.12. The van der Waals surface area contributed by atoms with Crippen LogP contribution in [0.25, 0.3) is 11.1 Å². The molecule has 0 aliphatic rings. The number of ether oxygens (including phenoxy) is 1. The average Bonchev–Trinajstić information content (AvgIpc) is 3.07. The first-order chi connectivity index (χ1) is 13.7. The Kier molecular flexibility index (Phi) is 6.10. The van der Waals surface area contributed by atoms with Crippen LogP contribution in [-0.4, -0.2) is 21.0 Å². The number of thiophene rings is 1. The van der Waals surface area contributed by atoms with Crippen LogP contribution in [0.15, 0.2) is 52.7 Å². The minimum Gasteiger partial charge on any atom is -0.462 e. The molecule has 152 valence electrons. The largest absolute Gasteiger partial charge is 0.462 e. The van der Waals surface area contributed by atoms with E-state index in [1.165, 1.54) is 0 Å². The second-order valence-electron chi connectivity index (χ2n) is 6.88. The summed E-state index contributed by atoms with van der Waals surface area (Å²) < 4.78 is 34.5. The van der Waals surface area contributed by atoms with Crippen LogP contribution >= 0.6 is 11.3 Å². The van der Waals surface area contributed by atoms with E-state index in [-0.39, 0.29) is 16.4 Å². The Labute approximate surface area is 175 Å². The molecular weight excluding hydrogens is 406 g/mol. The zero-order chi connectivity index (χ0) is 21.2. The van der Waals surface area contributed by atoms with Gasteiger partial charge in [0.05, 0.1) is 6.61 Å². The summed E-state index contributed by atoms with van der Waals surface area (Å²) >= 11 is 1.07. The third kappa shape index (κ3) is 4.68. The predicted octanol–water partition coefficient (Wildman–Crippen LogP) is 5.32. The average molecular weight is 430 g/mol. The Morgan fingerprint density at radius 1 is 1.00 bits per heavy atom. The minimum absolute atomic E-state index is 0.0519. The molecule has 0 saturated carbocycles. The lowest BCUT2D eigenvalue weighted by molar-refractivity contribution is 0.0528. The van der Waals surface area contributed by atoms with Crippen molar-refractivity contribution in [3.63, 3.8) is 0 Å². The molecule has 0 spiro atoms. The van der Waals surface area contributed by atoms with E-state index in [9.17, 15) is 13.2 Å². The van der Waals surface area contributed by atoms with E-state index in [1.807, 2.05) is 51.1 Å². The second kappa shape index (κ2) is 8.39. The molecule has 3 rings (SSSR count). The standard InChI is InChI=1S/C22H23NO4S2/c1-5-27-22(24)20-21(19(13-28-20)17-8-6-14(2)7-9-17)29(25,26)23-18-11-15(3)10-16(4)12-18/h6-13,23H,5H2,1-4H3. The number of nitrogens with one attached hydrogen (secondary N) is 1. The highest BCUT2D eigenvalue weighted by atomic mass is 32.2. The number of carbonyl (C=O) groups excluding carboxylic acids is 1. The third-order valence-corrected chi connectivity index (χ3v) is 6.87. The van der Waals surface area contributed by atoms with Crippen molar-refractivity contribution < 1.29 is 17.9 Å². The maximum atomic E-state index is 13.4. The summed E-state index contributed by atoms with van der Waals surface area (Å²) in [6.07, 6.45) is 0. The Morgan fingerprint density at radius 3 is 2.21 bits per heavy atom. The number of hydrogen-bond acceptors (Lipinski definition) is 5. The molecule has 2 aromatic carbocycles. The first-order valence-corrected chi connectivity index (χ1v) is 11.5. The minimum atomic E-state index is -4.03. The zero-order valence-corrected chi connectivity index (χ0v) is 18.4. The molecule has 0 saturated heterocycles. The number of rotatable bonds is 6. The van der Waals surface area contributed by atoms with E-state index in [0.29, 0.717) is 11.3 Å². The smallest absolute Gasteiger partial charge is 0.349 e. The Balaban J connectivity index is 2.14. The second-order valence-corrected chi connectivity index (χ2v) is 9.37. The fraction of sp³-hybridized carbons (Fsp3) is 0.227. The molecule has 0 fully saturated rings. The SMILES string of the molecule is CCOC(=O)c1scc(-c2ccc(C)cc2)c1S(=O)(=O)Nc1cc(C)cc(C)c1. The lowest BCUT2D eigenvalue weighted by atomic mass is 10.1. The number of hydrogen-bond donors (Lipinski definition) is 1. The van der Waals surface area contributed by atoms with E-state index in [1.54, 1.807) is 24.4 Å². The van der Waals surface area contributed by atoms with Crippen LogP contribution in [0, 0.1) is 20.8 Å². The topological polar surface area (TPSA) is 72.5 Å². The first kappa shape index (κ1) is 21.1. The molecule has 0 atom stereocenters. The van der Waals surface area contributed by atoms with E-state index in [2.05, 4.69) is 4.72 Å². The Hall–Kier alpha value is -2.64. The summed E-state index contributed by atoms with van der Waals surface area (Å²) in [4.78, 5) is 12.5. The number of carbonyl (C=O) groups is 1. The van der Waals surface area contributed by atoms with Crippen LogP contribution in [-0.2, 0) is 14.8 Å². The van der Waals surface area contributed by atoms with E-state index in [4.69, 9.17) is 4.74 Å². The van der Waals surface area contributed by atoms with Crippen LogP contribution in [0.2, 0.25) is 0 Å². The summed E-state index contributed by atoms with van der Waals surface area (Å²) in [5.41, 5.74) is 4.61. The highest BCUT2D eigenvalue weighted by Gasteiger charge is 2.30. The number of aryl methyl sites for hydroxylation is 3. The molecule has 1 aromatic heterocycles. The van der Waals surface area contributed by atoms with E-state index >= 15 is 0 Å². The molecule has 0 unspecified atom stereocenters. The van der Waals surface area contributed by atoms with Gasteiger partial charge < -0.3 is 4.74 Å². The van der Waals surface area contributed by atoms with Gasteiger partial charge in [0.15, 0.2) is 0 Å². The van der Waals surface area contributed by atoms with Crippen molar-refractivity contribution in [3.05, 3.63) is 69.4 Å². The number of sulfonamides is 1. The molecule has 7 heteroatoms. The Morgan fingerprint density at radius 2 is 1.62 bits per heavy atom. The third-order valence-electron chi connectivity index (χ3n) is 4.31. The summed E-state index contributed by atoms with van der Waals surface area (Å²) in [5.74, 6) is -0.642. The van der Waals surface area contributed by atoms with Crippen LogP contribution < -0.4 is 4.72 Å². The van der Waals surface area contributed by atoms with Crippen LogP contribution in [0.5, 0.6) is 0 Å². The van der Waals surface area contributed by atoms with Crippen molar-refractivity contribution in [2.75, 3.05) is 11.3 Å². The molecule has 3 aromatic rings. The van der Waals surface area contributed by atoms with Gasteiger partial charge in [-0.2, -0.15) is 0 Å². The fourth-order valence-corrected chi connectivity index (χ4v) is 5.86. The molecule has 0 aliphatic carbocycles. The van der Waals surface area contributed by atoms with Crippen molar-refractivity contribution in [1.29, 1.82) is 0 Å². The van der Waals surface area contributed by atoms with Gasteiger partial charge in [-0.15, -0.1) is 11.3 Å². The first-order valence-electron chi connectivity index (χ1n) is 9.18. The number of anilines is 1. The van der Waals surface area contributed by atoms with Gasteiger partial charge in [0.25, 0.3) is 10.0 Å². The van der Waals surface area contributed by atoms with Gasteiger partial charge in [-0.1, -0.05) is 35.9 Å². The molecule has 29 heavy (non-hydrogen) atoms. The van der Waals surface area contributed by atoms with Crippen molar-refractivity contribution in [2.45, 2.75) is 32.6 Å². The monoisotopic (exact) mass is 429 g/mol. The highest BCUT2D eigenvalue weighted by molar-refractivity contribution is 7.93. The van der Waals surface area contributed by atoms with Crippen molar-refractivity contribution in [1.82, 2.24) is 0 Å². The van der Waals surface area contributed by atoms with Crippen molar-refractivity contribution in [2.24, 2.45) is 0 Å². The normalized spacial score (nSPS) is 11.3. The summed E-state index contributed by atoms with van der Waals surface area (Å²) in [5, 5.41) is 1.69. The van der Waals surface area contributed by atoms with Gasteiger partial charge in [0, 0.05) is 16.6 Å². The predicted molar refractivity (Wildman–Crippen MR) is 117 cm³/mol. The van der Waals surface area contributed by atoms with Crippen molar-refractivity contribution >= 4 is 33.0 Å². The van der Waals surface area contributed by atoms with Gasteiger partial charge >= 0.3 is 5.97 Å². The molecule has 1 N–H and O–H groups in total. The van der Waals surface area contributed by atoms with Gasteiger partial charge in [0.1, 0.15) is 9.77 Å². The molecule has 0 radical (unpaired) electrons. The molecule has 5 nitrogen and oxygen atoms in total. The molecular formula is C22H23NO4S2. The van der Waals surface area contributed by atoms with Crippen molar-refractivity contribution in [3.8, 4) is 11.1 Å². The number of esters is 1. The highest BCUT2D eigenvalue weighted by Crippen LogP contribution is 2.37. The van der Waals surface area contributed by atoms with Crippen LogP contribution in [0.3, 0.4) is 0 Å². The van der Waals surface area contributed by atoms with Gasteiger partial charge in [-0.25, -0.2) is 13.2 Å². The summed E-state index contributed by atoms with van der Waals surface area (Å²) in [6, 6.07) is 13.0. The van der Waals surface area contributed by atoms with E-state index < -0.39 is 16.0 Å². The van der Waals surface area contributed by atoms with Gasteiger partial charge in [0.2, 0.25) is 0 Å².